The molecule has 0 saturated heterocycles. The molecule has 0 heterocycles. The van der Waals surface area contributed by atoms with E-state index in [4.69, 9.17) is 5.73 Å². The molecule has 0 aromatic carbocycles. The lowest BCUT2D eigenvalue weighted by Crippen LogP contribution is -2.25. The summed E-state index contributed by atoms with van der Waals surface area (Å²) in [5, 5.41) is 0. The zero-order valence-corrected chi connectivity index (χ0v) is 10.9. The number of nitrogens with two attached hydrogens (primary N) is 1. The number of rotatable bonds is 7. The maximum Gasteiger partial charge on any atom is 0.0968 e. The number of nitrogens with zero attached hydrogens (tertiary/aromatic N) is 2. The molecule has 0 aromatic heterocycles. The Hall–Kier alpha value is -0.570. The normalized spacial score (nSPS) is 18.6. The summed E-state index contributed by atoms with van der Waals surface area (Å²) in [5.74, 6) is 1.51. The van der Waals surface area contributed by atoms with Crippen molar-refractivity contribution in [1.29, 1.82) is 0 Å². The second-order valence-corrected chi connectivity index (χ2v) is 4.67. The second kappa shape index (κ2) is 7.66. The standard InChI is InChI=1S/C13H27N3/c1-3-16(4-2)11-7-10-15-13(14)12-8-5-6-9-12/h12H,3-11H2,1-2H3,(H2,14,15). The molecule has 0 amide bonds. The van der Waals surface area contributed by atoms with E-state index in [2.05, 4.69) is 23.7 Å². The van der Waals surface area contributed by atoms with Crippen LogP contribution in [-0.2, 0) is 0 Å². The molecule has 94 valence electrons. The molecule has 0 radical (unpaired) electrons. The lowest BCUT2D eigenvalue weighted by atomic mass is 10.1. The van der Waals surface area contributed by atoms with Gasteiger partial charge in [-0.3, -0.25) is 4.99 Å². The third-order valence-electron chi connectivity index (χ3n) is 3.59. The molecular formula is C13H27N3. The van der Waals surface area contributed by atoms with Crippen molar-refractivity contribution in [2.75, 3.05) is 26.2 Å². The molecule has 3 heteroatoms. The third kappa shape index (κ3) is 4.52. The van der Waals surface area contributed by atoms with Gasteiger partial charge in [-0.25, -0.2) is 0 Å². The third-order valence-corrected chi connectivity index (χ3v) is 3.59. The smallest absolute Gasteiger partial charge is 0.0968 e. The van der Waals surface area contributed by atoms with E-state index in [1.807, 2.05) is 0 Å². The molecule has 1 fully saturated rings. The fourth-order valence-electron chi connectivity index (χ4n) is 2.39. The van der Waals surface area contributed by atoms with E-state index < -0.39 is 0 Å². The molecule has 2 N–H and O–H groups in total. The molecule has 3 nitrogen and oxygen atoms in total. The Bertz CT molecular complexity index is 203. The zero-order chi connectivity index (χ0) is 11.8. The van der Waals surface area contributed by atoms with E-state index in [1.165, 1.54) is 25.7 Å². The Labute approximate surface area is 100 Å². The highest BCUT2D eigenvalue weighted by Gasteiger charge is 2.17. The van der Waals surface area contributed by atoms with E-state index in [-0.39, 0.29) is 0 Å². The van der Waals surface area contributed by atoms with Crippen LogP contribution in [0.1, 0.15) is 46.0 Å². The fourth-order valence-corrected chi connectivity index (χ4v) is 2.39. The molecule has 0 aromatic rings. The van der Waals surface area contributed by atoms with Crippen LogP contribution in [0.4, 0.5) is 0 Å². The molecule has 1 rings (SSSR count). The van der Waals surface area contributed by atoms with Gasteiger partial charge in [0.15, 0.2) is 0 Å². The summed E-state index contributed by atoms with van der Waals surface area (Å²) < 4.78 is 0. The summed E-state index contributed by atoms with van der Waals surface area (Å²) in [6.45, 7) is 8.74. The monoisotopic (exact) mass is 225 g/mol. The van der Waals surface area contributed by atoms with Crippen molar-refractivity contribution in [3.63, 3.8) is 0 Å². The lowest BCUT2D eigenvalue weighted by molar-refractivity contribution is 0.302. The van der Waals surface area contributed by atoms with Crippen LogP contribution in [0.5, 0.6) is 0 Å². The van der Waals surface area contributed by atoms with Crippen molar-refractivity contribution in [1.82, 2.24) is 4.90 Å². The largest absolute Gasteiger partial charge is 0.387 e. The Morgan fingerprint density at radius 3 is 2.44 bits per heavy atom. The van der Waals surface area contributed by atoms with Crippen LogP contribution in [0.25, 0.3) is 0 Å². The summed E-state index contributed by atoms with van der Waals surface area (Å²) >= 11 is 0. The topological polar surface area (TPSA) is 41.6 Å². The van der Waals surface area contributed by atoms with Gasteiger partial charge in [-0.1, -0.05) is 26.7 Å². The average molecular weight is 225 g/mol. The lowest BCUT2D eigenvalue weighted by Gasteiger charge is -2.17. The number of aliphatic imine (C=N–C) groups is 1. The summed E-state index contributed by atoms with van der Waals surface area (Å²) in [6.07, 6.45) is 6.31. The van der Waals surface area contributed by atoms with Crippen molar-refractivity contribution in [2.45, 2.75) is 46.0 Å². The summed E-state index contributed by atoms with van der Waals surface area (Å²) in [5.41, 5.74) is 6.00. The zero-order valence-electron chi connectivity index (χ0n) is 10.9. The van der Waals surface area contributed by atoms with Gasteiger partial charge < -0.3 is 10.6 Å². The first-order valence-electron chi connectivity index (χ1n) is 6.80. The van der Waals surface area contributed by atoms with Gasteiger partial charge in [-0.2, -0.15) is 0 Å². The average Bonchev–Trinajstić information content (AvgIpc) is 2.82. The van der Waals surface area contributed by atoms with Crippen LogP contribution in [0.2, 0.25) is 0 Å². The minimum atomic E-state index is 0.591. The maximum absolute atomic E-state index is 6.00. The van der Waals surface area contributed by atoms with Gasteiger partial charge in [-0.05, 0) is 38.9 Å². The highest BCUT2D eigenvalue weighted by molar-refractivity contribution is 5.83. The van der Waals surface area contributed by atoms with Gasteiger partial charge >= 0.3 is 0 Å². The number of amidine groups is 1. The minimum Gasteiger partial charge on any atom is -0.387 e. The van der Waals surface area contributed by atoms with Crippen LogP contribution in [-0.4, -0.2) is 36.9 Å². The summed E-state index contributed by atoms with van der Waals surface area (Å²) in [7, 11) is 0. The second-order valence-electron chi connectivity index (χ2n) is 4.67. The molecule has 0 aliphatic heterocycles. The van der Waals surface area contributed by atoms with Crippen molar-refractivity contribution < 1.29 is 0 Å². The molecule has 1 aliphatic carbocycles. The first-order chi connectivity index (χ1) is 7.77. The van der Waals surface area contributed by atoms with E-state index in [0.29, 0.717) is 5.92 Å². The predicted molar refractivity (Wildman–Crippen MR) is 70.9 cm³/mol. The Kier molecular flexibility index (Phi) is 6.46. The van der Waals surface area contributed by atoms with Gasteiger partial charge in [0, 0.05) is 12.5 Å². The van der Waals surface area contributed by atoms with E-state index in [9.17, 15) is 0 Å². The van der Waals surface area contributed by atoms with Crippen molar-refractivity contribution in [3.05, 3.63) is 0 Å². The highest BCUT2D eigenvalue weighted by Crippen LogP contribution is 2.24. The Balaban J connectivity index is 2.15. The van der Waals surface area contributed by atoms with Gasteiger partial charge in [0.2, 0.25) is 0 Å². The van der Waals surface area contributed by atoms with Crippen molar-refractivity contribution in [2.24, 2.45) is 16.6 Å². The molecule has 16 heavy (non-hydrogen) atoms. The molecular weight excluding hydrogens is 198 g/mol. The van der Waals surface area contributed by atoms with Crippen LogP contribution >= 0.6 is 0 Å². The number of hydrogen-bond donors (Lipinski definition) is 1. The van der Waals surface area contributed by atoms with Crippen LogP contribution < -0.4 is 5.73 Å². The van der Waals surface area contributed by atoms with Crippen LogP contribution in [0.15, 0.2) is 4.99 Å². The van der Waals surface area contributed by atoms with Crippen molar-refractivity contribution >= 4 is 5.84 Å². The Morgan fingerprint density at radius 1 is 1.25 bits per heavy atom. The first-order valence-corrected chi connectivity index (χ1v) is 6.80. The predicted octanol–water partition coefficient (Wildman–Crippen LogP) is 2.27. The maximum atomic E-state index is 6.00. The van der Waals surface area contributed by atoms with Gasteiger partial charge in [0.25, 0.3) is 0 Å². The molecule has 0 unspecified atom stereocenters. The molecule has 1 aliphatic rings. The summed E-state index contributed by atoms with van der Waals surface area (Å²) in [4.78, 5) is 6.95. The molecule has 0 bridgehead atoms. The fraction of sp³-hybridized carbons (Fsp3) is 0.923. The SMILES string of the molecule is CCN(CC)CCCN=C(N)C1CCCC1. The quantitative estimate of drug-likeness (QED) is 0.410. The minimum absolute atomic E-state index is 0.591. The van der Waals surface area contributed by atoms with E-state index >= 15 is 0 Å². The van der Waals surface area contributed by atoms with Gasteiger partial charge in [0.1, 0.15) is 0 Å². The van der Waals surface area contributed by atoms with Crippen LogP contribution in [0.3, 0.4) is 0 Å². The van der Waals surface area contributed by atoms with E-state index in [1.54, 1.807) is 0 Å². The van der Waals surface area contributed by atoms with Crippen molar-refractivity contribution in [3.8, 4) is 0 Å². The Morgan fingerprint density at radius 2 is 1.88 bits per heavy atom. The highest BCUT2D eigenvalue weighted by atomic mass is 15.1. The molecule has 0 spiro atoms. The number of hydrogen-bond acceptors (Lipinski definition) is 2. The van der Waals surface area contributed by atoms with E-state index in [0.717, 1.165) is 38.4 Å². The van der Waals surface area contributed by atoms with Gasteiger partial charge in [0.05, 0.1) is 5.84 Å². The van der Waals surface area contributed by atoms with Crippen LogP contribution in [0, 0.1) is 5.92 Å². The molecule has 0 atom stereocenters. The molecule has 1 saturated carbocycles. The summed E-state index contributed by atoms with van der Waals surface area (Å²) in [6, 6.07) is 0. The van der Waals surface area contributed by atoms with Gasteiger partial charge in [-0.15, -0.1) is 0 Å². The first kappa shape index (κ1) is 13.5.